The van der Waals surface area contributed by atoms with E-state index in [9.17, 15) is 19.0 Å². The van der Waals surface area contributed by atoms with Crippen LogP contribution < -0.4 is 0 Å². The highest BCUT2D eigenvalue weighted by Gasteiger charge is 2.27. The minimum Gasteiger partial charge on any atom is -0.462 e. The van der Waals surface area contributed by atoms with Crippen molar-refractivity contribution in [3.8, 4) is 0 Å². The molecule has 0 fully saturated rings. The number of phosphoric acid groups is 1. The number of unbranched alkanes of at least 4 members (excludes halogenated alkanes) is 45. The van der Waals surface area contributed by atoms with Gasteiger partial charge in [-0.15, -0.1) is 0 Å². The second kappa shape index (κ2) is 53.8. The molecule has 0 aromatic carbocycles. The maximum atomic E-state index is 12.8. The lowest BCUT2D eigenvalue weighted by atomic mass is 10.0. The lowest BCUT2D eigenvalue weighted by Gasteiger charge is -2.24. The highest BCUT2D eigenvalue weighted by molar-refractivity contribution is 7.47. The quantitative estimate of drug-likeness (QED) is 0.0278. The van der Waals surface area contributed by atoms with Gasteiger partial charge in [0.25, 0.3) is 0 Å². The van der Waals surface area contributed by atoms with E-state index in [0.717, 1.165) is 38.5 Å². The van der Waals surface area contributed by atoms with Gasteiger partial charge in [-0.1, -0.05) is 303 Å². The van der Waals surface area contributed by atoms with Gasteiger partial charge < -0.3 is 18.9 Å². The van der Waals surface area contributed by atoms with E-state index in [-0.39, 0.29) is 25.6 Å². The van der Waals surface area contributed by atoms with Crippen molar-refractivity contribution in [2.24, 2.45) is 0 Å². The number of quaternary nitrogens is 1. The van der Waals surface area contributed by atoms with E-state index in [1.165, 1.54) is 263 Å². The first-order valence-corrected chi connectivity index (χ1v) is 32.8. The molecule has 1 N–H and O–H groups in total. The fourth-order valence-electron chi connectivity index (χ4n) is 9.55. The van der Waals surface area contributed by atoms with Crippen LogP contribution in [0.15, 0.2) is 0 Å². The first kappa shape index (κ1) is 70.0. The number of phosphoric ester groups is 1. The van der Waals surface area contributed by atoms with Crippen molar-refractivity contribution in [2.45, 2.75) is 335 Å². The number of carbonyl (C=O) groups excluding carboxylic acids is 2. The summed E-state index contributed by atoms with van der Waals surface area (Å²) < 4.78 is 34.6. The molecule has 0 aliphatic rings. The molecule has 10 heteroatoms. The number of esters is 2. The Labute approximate surface area is 442 Å². The van der Waals surface area contributed by atoms with E-state index in [1.54, 1.807) is 0 Å². The predicted molar refractivity (Wildman–Crippen MR) is 303 cm³/mol. The Morgan fingerprint density at radius 1 is 0.380 bits per heavy atom. The molecule has 0 amide bonds. The molecule has 0 bridgehead atoms. The summed E-state index contributed by atoms with van der Waals surface area (Å²) in [6, 6.07) is 0. The molecule has 0 rings (SSSR count). The zero-order valence-corrected chi connectivity index (χ0v) is 49.1. The molecule has 424 valence electrons. The third-order valence-corrected chi connectivity index (χ3v) is 15.4. The Morgan fingerprint density at radius 3 is 0.901 bits per heavy atom. The highest BCUT2D eigenvalue weighted by atomic mass is 31.2. The van der Waals surface area contributed by atoms with Crippen molar-refractivity contribution < 1.29 is 42.1 Å². The number of ether oxygens (including phenoxy) is 2. The Bertz CT molecular complexity index is 1160. The Morgan fingerprint density at radius 2 is 0.634 bits per heavy atom. The van der Waals surface area contributed by atoms with Gasteiger partial charge in [0.1, 0.15) is 19.8 Å². The second-order valence-corrected chi connectivity index (χ2v) is 24.3. The Balaban J connectivity index is 3.98. The van der Waals surface area contributed by atoms with Crippen LogP contribution in [0.4, 0.5) is 0 Å². The van der Waals surface area contributed by atoms with Crippen LogP contribution in [0.3, 0.4) is 0 Å². The van der Waals surface area contributed by atoms with Crippen LogP contribution in [0.5, 0.6) is 0 Å². The van der Waals surface area contributed by atoms with Crippen LogP contribution in [0, 0.1) is 0 Å². The average molecular weight is 1030 g/mol. The normalized spacial score (nSPS) is 13.2. The SMILES string of the molecule is CCCCCCCCCCCCCCCCCCCCCCCCCCCCCCCCCC(=O)OC(COC(=O)CCCCCCCCCCCCCCCCCC)COP(=O)(O)OCC[N+](C)(C)C. The van der Waals surface area contributed by atoms with Crippen LogP contribution >= 0.6 is 7.82 Å². The number of carbonyl (C=O) groups is 2. The molecule has 0 aliphatic heterocycles. The fourth-order valence-corrected chi connectivity index (χ4v) is 10.3. The summed E-state index contributed by atoms with van der Waals surface area (Å²) in [6.45, 7) is 4.51. The van der Waals surface area contributed by atoms with Gasteiger partial charge in [0, 0.05) is 12.8 Å². The molecule has 9 nitrogen and oxygen atoms in total. The van der Waals surface area contributed by atoms with E-state index < -0.39 is 26.5 Å². The number of hydrogen-bond donors (Lipinski definition) is 1. The van der Waals surface area contributed by atoms with Crippen molar-refractivity contribution in [3.05, 3.63) is 0 Å². The van der Waals surface area contributed by atoms with E-state index in [4.69, 9.17) is 18.5 Å². The predicted octanol–water partition coefficient (Wildman–Crippen LogP) is 19.4. The van der Waals surface area contributed by atoms with Crippen molar-refractivity contribution in [2.75, 3.05) is 47.5 Å². The number of likely N-dealkylation sites (N-methyl/N-ethyl adjacent to an activating group) is 1. The monoisotopic (exact) mass is 1030 g/mol. The van der Waals surface area contributed by atoms with Gasteiger partial charge in [0.05, 0.1) is 27.7 Å². The van der Waals surface area contributed by atoms with Crippen LogP contribution in [0.1, 0.15) is 328 Å². The maximum absolute atomic E-state index is 12.8. The lowest BCUT2D eigenvalue weighted by molar-refractivity contribution is -0.870. The summed E-state index contributed by atoms with van der Waals surface area (Å²) in [6.07, 6.45) is 61.9. The molecule has 0 heterocycles. The Hall–Kier alpha value is -0.990. The van der Waals surface area contributed by atoms with Crippen molar-refractivity contribution in [1.82, 2.24) is 0 Å². The molecule has 0 aromatic heterocycles. The molecule has 0 aliphatic carbocycles. The van der Waals surface area contributed by atoms with Crippen LogP contribution in [-0.2, 0) is 32.7 Å². The molecular formula is C61H123NO8P+. The molecule has 71 heavy (non-hydrogen) atoms. The van der Waals surface area contributed by atoms with Crippen molar-refractivity contribution in [3.63, 3.8) is 0 Å². The van der Waals surface area contributed by atoms with E-state index >= 15 is 0 Å². The van der Waals surface area contributed by atoms with Gasteiger partial charge in [0.15, 0.2) is 6.10 Å². The third kappa shape index (κ3) is 58.1. The van der Waals surface area contributed by atoms with E-state index in [2.05, 4.69) is 13.8 Å². The van der Waals surface area contributed by atoms with Crippen LogP contribution in [0.2, 0.25) is 0 Å². The summed E-state index contributed by atoms with van der Waals surface area (Å²) in [5, 5.41) is 0. The van der Waals surface area contributed by atoms with Gasteiger partial charge in [-0.05, 0) is 12.8 Å². The van der Waals surface area contributed by atoms with Crippen molar-refractivity contribution >= 4 is 19.8 Å². The number of hydrogen-bond acceptors (Lipinski definition) is 7. The zero-order chi connectivity index (χ0) is 52.0. The van der Waals surface area contributed by atoms with Gasteiger partial charge in [0.2, 0.25) is 0 Å². The maximum Gasteiger partial charge on any atom is 0.472 e. The fraction of sp³-hybridized carbons (Fsp3) is 0.967. The third-order valence-electron chi connectivity index (χ3n) is 14.4. The minimum atomic E-state index is -4.38. The van der Waals surface area contributed by atoms with Crippen LogP contribution in [0.25, 0.3) is 0 Å². The molecule has 0 spiro atoms. The van der Waals surface area contributed by atoms with Gasteiger partial charge >= 0.3 is 19.8 Å². The Kier molecular flexibility index (Phi) is 53.1. The first-order chi connectivity index (χ1) is 34.5. The number of rotatable bonds is 59. The van der Waals surface area contributed by atoms with E-state index in [0.29, 0.717) is 17.4 Å². The van der Waals surface area contributed by atoms with Gasteiger partial charge in [-0.3, -0.25) is 18.6 Å². The molecule has 0 aromatic rings. The summed E-state index contributed by atoms with van der Waals surface area (Å²) >= 11 is 0. The molecule has 2 unspecified atom stereocenters. The van der Waals surface area contributed by atoms with Crippen molar-refractivity contribution in [1.29, 1.82) is 0 Å². The first-order valence-electron chi connectivity index (χ1n) is 31.3. The molecule has 2 atom stereocenters. The number of nitrogens with zero attached hydrogens (tertiary/aromatic N) is 1. The molecule has 0 saturated heterocycles. The van der Waals surface area contributed by atoms with Gasteiger partial charge in [-0.2, -0.15) is 0 Å². The zero-order valence-electron chi connectivity index (χ0n) is 48.3. The molecule has 0 radical (unpaired) electrons. The molecule has 0 saturated carbocycles. The second-order valence-electron chi connectivity index (χ2n) is 22.8. The summed E-state index contributed by atoms with van der Waals surface area (Å²) in [5.74, 6) is -0.773. The molecular weight excluding hydrogens is 906 g/mol. The largest absolute Gasteiger partial charge is 0.472 e. The smallest absolute Gasteiger partial charge is 0.462 e. The average Bonchev–Trinajstić information content (AvgIpc) is 3.33. The topological polar surface area (TPSA) is 108 Å². The highest BCUT2D eigenvalue weighted by Crippen LogP contribution is 2.43. The minimum absolute atomic E-state index is 0.0374. The standard InChI is InChI=1S/C61H122NO8P/c1-6-8-10-12-14-16-18-20-22-24-25-26-27-28-29-30-31-32-33-34-35-36-37-38-40-42-44-46-48-50-52-54-61(64)70-59(58-69-71(65,66)68-56-55-62(3,4)5)57-67-60(63)53-51-49-47-45-43-41-39-23-21-19-17-15-13-11-9-7-2/h59H,6-58H2,1-5H3/p+1. The summed E-state index contributed by atoms with van der Waals surface area (Å²) in [7, 11) is 1.50. The van der Waals surface area contributed by atoms with Crippen LogP contribution in [-0.4, -0.2) is 74.9 Å². The lowest BCUT2D eigenvalue weighted by Crippen LogP contribution is -2.37. The van der Waals surface area contributed by atoms with E-state index in [1.807, 2.05) is 21.1 Å². The van der Waals surface area contributed by atoms with Gasteiger partial charge in [-0.25, -0.2) is 4.57 Å². The summed E-state index contributed by atoms with van der Waals surface area (Å²) in [4.78, 5) is 35.7. The summed E-state index contributed by atoms with van der Waals surface area (Å²) in [5.41, 5.74) is 0.